The van der Waals surface area contributed by atoms with Gasteiger partial charge in [-0.3, -0.25) is 0 Å². The van der Waals surface area contributed by atoms with E-state index in [2.05, 4.69) is 63.5 Å². The van der Waals surface area contributed by atoms with Crippen LogP contribution < -0.4 is 0 Å². The number of rotatable bonds is 0. The van der Waals surface area contributed by atoms with E-state index in [4.69, 9.17) is 0 Å². The van der Waals surface area contributed by atoms with Gasteiger partial charge < -0.3 is 5.11 Å². The quantitative estimate of drug-likeness (QED) is 0.515. The smallest absolute Gasteiger partial charge is 0.138 e. The largest absolute Gasteiger partial charge is 0.375 e. The summed E-state index contributed by atoms with van der Waals surface area (Å²) in [4.78, 5) is 0.566. The Hall–Kier alpha value is 0.270. The van der Waals surface area contributed by atoms with Crippen molar-refractivity contribution in [2.45, 2.75) is 51.3 Å². The molecule has 2 atom stereocenters. The summed E-state index contributed by atoms with van der Waals surface area (Å²) in [6, 6.07) is 0. The minimum absolute atomic E-state index is 0.0575. The van der Waals surface area contributed by atoms with E-state index in [1.807, 2.05) is 12.2 Å². The Morgan fingerprint density at radius 2 is 1.76 bits per heavy atom. The number of allylic oxidation sites excluding steroid dienone is 3. The summed E-state index contributed by atoms with van der Waals surface area (Å²) >= 11 is 5.17. The first-order valence-corrected chi connectivity index (χ1v) is 7.66. The van der Waals surface area contributed by atoms with Gasteiger partial charge in [0.25, 0.3) is 0 Å². The van der Waals surface area contributed by atoms with Crippen LogP contribution in [0.3, 0.4) is 0 Å². The number of aliphatic hydroxyl groups is 1. The molecule has 1 heterocycles. The third-order valence-corrected chi connectivity index (χ3v) is 5.49. The molecule has 0 saturated carbocycles. The predicted octanol–water partition coefficient (Wildman–Crippen LogP) is 4.72. The third kappa shape index (κ3) is 3.62. The monoisotopic (exact) mass is 318 g/mol. The van der Waals surface area contributed by atoms with Gasteiger partial charge in [0.2, 0.25) is 0 Å². The third-order valence-electron chi connectivity index (χ3n) is 2.90. The zero-order chi connectivity index (χ0) is 13.5. The van der Waals surface area contributed by atoms with Crippen molar-refractivity contribution in [3.63, 3.8) is 0 Å². The first kappa shape index (κ1) is 15.3. The number of alkyl halides is 1. The molecule has 2 unspecified atom stereocenters. The van der Waals surface area contributed by atoms with Crippen LogP contribution in [0, 0.1) is 10.8 Å². The first-order valence-electron chi connectivity index (χ1n) is 5.93. The number of hydrogen-bond donors (Lipinski definition) is 1. The lowest BCUT2D eigenvalue weighted by Crippen LogP contribution is -2.38. The molecule has 98 valence electrons. The van der Waals surface area contributed by atoms with Crippen LogP contribution in [0.15, 0.2) is 23.1 Å². The molecular weight excluding hydrogens is 296 g/mol. The van der Waals surface area contributed by atoms with Crippen LogP contribution in [-0.2, 0) is 0 Å². The fraction of sp³-hybridized carbons (Fsp3) is 0.714. The molecule has 0 fully saturated rings. The van der Waals surface area contributed by atoms with Gasteiger partial charge in [0.1, 0.15) is 4.93 Å². The maximum Gasteiger partial charge on any atom is 0.138 e. The van der Waals surface area contributed by atoms with Crippen molar-refractivity contribution in [3.8, 4) is 0 Å². The van der Waals surface area contributed by atoms with E-state index in [0.717, 1.165) is 0 Å². The fourth-order valence-electron chi connectivity index (χ4n) is 1.46. The van der Waals surface area contributed by atoms with Crippen molar-refractivity contribution in [1.29, 1.82) is 0 Å². The Bertz CT molecular complexity index is 346. The van der Waals surface area contributed by atoms with Crippen molar-refractivity contribution in [2.24, 2.45) is 10.8 Å². The van der Waals surface area contributed by atoms with Crippen LogP contribution in [-0.4, -0.2) is 14.9 Å². The van der Waals surface area contributed by atoms with E-state index >= 15 is 0 Å². The van der Waals surface area contributed by atoms with Gasteiger partial charge in [0.05, 0.1) is 4.83 Å². The standard InChI is InChI=1S/C14H23BrOS/c1-12(2,3)11-9-10(15)7-8-14(16,17-11)13(4,5)6/h7-10,16H,1-6H3. The molecule has 0 aliphatic carbocycles. The Morgan fingerprint density at radius 1 is 1.24 bits per heavy atom. The highest BCUT2D eigenvalue weighted by atomic mass is 79.9. The average Bonchev–Trinajstić information content (AvgIpc) is 2.24. The van der Waals surface area contributed by atoms with E-state index < -0.39 is 4.93 Å². The molecule has 1 aliphatic heterocycles. The van der Waals surface area contributed by atoms with E-state index in [0.29, 0.717) is 0 Å². The second-order valence-corrected chi connectivity index (χ2v) is 8.96. The highest BCUT2D eigenvalue weighted by molar-refractivity contribution is 9.09. The summed E-state index contributed by atoms with van der Waals surface area (Å²) in [6.07, 6.45) is 6.13. The SMILES string of the molecule is CC(C)(C)C1=CC(Br)C=CC(O)(C(C)(C)C)S1. The van der Waals surface area contributed by atoms with Crippen molar-refractivity contribution in [3.05, 3.63) is 23.1 Å². The normalized spacial score (nSPS) is 31.1. The number of thioether (sulfide) groups is 1. The minimum atomic E-state index is -0.853. The summed E-state index contributed by atoms with van der Waals surface area (Å²) in [5.74, 6) is 0. The highest BCUT2D eigenvalue weighted by Crippen LogP contribution is 2.50. The minimum Gasteiger partial charge on any atom is -0.375 e. The summed E-state index contributed by atoms with van der Waals surface area (Å²) in [5, 5.41) is 10.9. The molecule has 0 radical (unpaired) electrons. The predicted molar refractivity (Wildman–Crippen MR) is 81.4 cm³/mol. The molecular formula is C14H23BrOS. The topological polar surface area (TPSA) is 20.2 Å². The lowest BCUT2D eigenvalue weighted by atomic mass is 9.88. The lowest BCUT2D eigenvalue weighted by molar-refractivity contribution is 0.0719. The van der Waals surface area contributed by atoms with Crippen molar-refractivity contribution < 1.29 is 5.11 Å². The molecule has 3 heteroatoms. The van der Waals surface area contributed by atoms with Gasteiger partial charge in [-0.1, -0.05) is 81.4 Å². The molecule has 0 bridgehead atoms. The van der Waals surface area contributed by atoms with Crippen LogP contribution in [0.2, 0.25) is 0 Å². The maximum absolute atomic E-state index is 10.9. The summed E-state index contributed by atoms with van der Waals surface area (Å²) in [6.45, 7) is 12.7. The lowest BCUT2D eigenvalue weighted by Gasteiger charge is -2.39. The summed E-state index contributed by atoms with van der Waals surface area (Å²) in [7, 11) is 0. The zero-order valence-corrected chi connectivity index (χ0v) is 13.9. The van der Waals surface area contributed by atoms with Crippen LogP contribution in [0.25, 0.3) is 0 Å². The Balaban J connectivity index is 3.17. The molecule has 0 saturated heterocycles. The molecule has 1 aliphatic rings. The van der Waals surface area contributed by atoms with E-state index in [1.165, 1.54) is 4.91 Å². The van der Waals surface area contributed by atoms with Gasteiger partial charge in [-0.25, -0.2) is 0 Å². The Morgan fingerprint density at radius 3 is 2.18 bits per heavy atom. The van der Waals surface area contributed by atoms with Crippen molar-refractivity contribution >= 4 is 27.7 Å². The molecule has 0 aromatic heterocycles. The molecule has 0 aromatic carbocycles. The fourth-order valence-corrected chi connectivity index (χ4v) is 3.37. The van der Waals surface area contributed by atoms with E-state index in [9.17, 15) is 5.11 Å². The van der Waals surface area contributed by atoms with Gasteiger partial charge in [0, 0.05) is 5.41 Å². The molecule has 17 heavy (non-hydrogen) atoms. The van der Waals surface area contributed by atoms with Crippen LogP contribution >= 0.6 is 27.7 Å². The summed E-state index contributed by atoms with van der Waals surface area (Å²) in [5.41, 5.74) is -0.141. The zero-order valence-electron chi connectivity index (χ0n) is 11.5. The molecule has 1 N–H and O–H groups in total. The second-order valence-electron chi connectivity index (χ2n) is 6.63. The van der Waals surface area contributed by atoms with Crippen LogP contribution in [0.5, 0.6) is 0 Å². The molecule has 1 rings (SSSR count). The second kappa shape index (κ2) is 4.75. The molecule has 0 aromatic rings. The summed E-state index contributed by atoms with van der Waals surface area (Å²) < 4.78 is 0. The first-order chi connectivity index (χ1) is 7.46. The van der Waals surface area contributed by atoms with Crippen LogP contribution in [0.4, 0.5) is 0 Å². The van der Waals surface area contributed by atoms with E-state index in [1.54, 1.807) is 11.8 Å². The van der Waals surface area contributed by atoms with Gasteiger partial charge in [-0.05, 0) is 16.4 Å². The van der Waals surface area contributed by atoms with Crippen molar-refractivity contribution in [2.75, 3.05) is 0 Å². The van der Waals surface area contributed by atoms with Crippen molar-refractivity contribution in [1.82, 2.24) is 0 Å². The van der Waals surface area contributed by atoms with Gasteiger partial charge in [-0.2, -0.15) is 0 Å². The van der Waals surface area contributed by atoms with Gasteiger partial charge in [-0.15, -0.1) is 0 Å². The van der Waals surface area contributed by atoms with Gasteiger partial charge in [0.15, 0.2) is 0 Å². The van der Waals surface area contributed by atoms with Gasteiger partial charge >= 0.3 is 0 Å². The number of hydrogen-bond acceptors (Lipinski definition) is 2. The maximum atomic E-state index is 10.9. The molecule has 0 spiro atoms. The number of halogens is 1. The van der Waals surface area contributed by atoms with E-state index in [-0.39, 0.29) is 15.7 Å². The highest BCUT2D eigenvalue weighted by Gasteiger charge is 2.42. The Labute approximate surface area is 118 Å². The average molecular weight is 319 g/mol. The molecule has 0 amide bonds. The Kier molecular flexibility index (Phi) is 4.28. The van der Waals surface area contributed by atoms with Crippen LogP contribution in [0.1, 0.15) is 41.5 Å². The molecule has 1 nitrogen and oxygen atoms in total.